The molecule has 1 heterocycles. The first-order chi connectivity index (χ1) is 9.78. The van der Waals surface area contributed by atoms with Crippen LogP contribution in [0, 0.1) is 0 Å². The smallest absolute Gasteiger partial charge is 0.410 e. The molecule has 4 nitrogen and oxygen atoms in total. The maximum Gasteiger partial charge on any atom is 0.410 e. The summed E-state index contributed by atoms with van der Waals surface area (Å²) in [5.41, 5.74) is 1.19. The van der Waals surface area contributed by atoms with Gasteiger partial charge >= 0.3 is 6.09 Å². The third-order valence-electron chi connectivity index (χ3n) is 3.56. The third-order valence-corrected chi connectivity index (χ3v) is 3.56. The summed E-state index contributed by atoms with van der Waals surface area (Å²) in [6.45, 7) is 7.86. The Balaban J connectivity index is 2.20. The van der Waals surface area contributed by atoms with E-state index in [0.29, 0.717) is 12.1 Å². The fourth-order valence-corrected chi connectivity index (χ4v) is 2.62. The number of amides is 1. The van der Waals surface area contributed by atoms with E-state index in [1.807, 2.05) is 39.0 Å². The number of hydrogen-bond donors (Lipinski definition) is 0. The molecule has 0 aliphatic carbocycles. The number of carbonyl (C=O) groups excluding carboxylic acids is 2. The van der Waals surface area contributed by atoms with Gasteiger partial charge in [0.15, 0.2) is 5.78 Å². The second-order valence-corrected chi connectivity index (χ2v) is 6.51. The van der Waals surface area contributed by atoms with E-state index in [9.17, 15) is 9.59 Å². The lowest BCUT2D eigenvalue weighted by Crippen LogP contribution is -2.36. The number of benzene rings is 1. The Morgan fingerprint density at radius 1 is 1.29 bits per heavy atom. The molecule has 4 heteroatoms. The van der Waals surface area contributed by atoms with E-state index in [0.717, 1.165) is 18.4 Å². The number of likely N-dealkylation sites (tertiary alicyclic amines) is 1. The molecule has 0 unspecified atom stereocenters. The molecule has 1 atom stereocenters. The molecule has 1 aromatic rings. The van der Waals surface area contributed by atoms with Crippen LogP contribution in [0.5, 0.6) is 0 Å². The van der Waals surface area contributed by atoms with E-state index in [1.54, 1.807) is 17.9 Å². The van der Waals surface area contributed by atoms with Crippen molar-refractivity contribution < 1.29 is 14.3 Å². The Bertz CT molecular complexity index is 545. The summed E-state index contributed by atoms with van der Waals surface area (Å²) < 4.78 is 5.47. The summed E-state index contributed by atoms with van der Waals surface area (Å²) in [7, 11) is 0. The van der Waals surface area contributed by atoms with Gasteiger partial charge in [0.2, 0.25) is 0 Å². The summed E-state index contributed by atoms with van der Waals surface area (Å²) in [6, 6.07) is 7.53. The van der Waals surface area contributed by atoms with Crippen LogP contribution < -0.4 is 0 Å². The highest BCUT2D eigenvalue weighted by Crippen LogP contribution is 2.33. The molecule has 1 aliphatic rings. The molecule has 0 bridgehead atoms. The molecule has 1 aliphatic heterocycles. The third kappa shape index (κ3) is 3.84. The van der Waals surface area contributed by atoms with Gasteiger partial charge in [-0.1, -0.05) is 18.2 Å². The number of ketones is 1. The zero-order chi connectivity index (χ0) is 15.6. The van der Waals surface area contributed by atoms with Gasteiger partial charge < -0.3 is 9.64 Å². The summed E-state index contributed by atoms with van der Waals surface area (Å²) in [6.07, 6.45) is 1.58. The predicted octanol–water partition coefficient (Wildman–Crippen LogP) is 3.96. The average molecular weight is 289 g/mol. The van der Waals surface area contributed by atoms with Crippen LogP contribution in [0.15, 0.2) is 24.3 Å². The number of carbonyl (C=O) groups is 2. The van der Waals surface area contributed by atoms with Crippen molar-refractivity contribution >= 4 is 11.9 Å². The molecule has 1 fully saturated rings. The monoisotopic (exact) mass is 289 g/mol. The van der Waals surface area contributed by atoms with Crippen molar-refractivity contribution in [2.45, 2.75) is 52.2 Å². The Morgan fingerprint density at radius 3 is 2.62 bits per heavy atom. The number of nitrogens with zero attached hydrogens (tertiary/aromatic N) is 1. The van der Waals surface area contributed by atoms with E-state index in [1.165, 1.54) is 0 Å². The van der Waals surface area contributed by atoms with Gasteiger partial charge in [0.25, 0.3) is 0 Å². The van der Waals surface area contributed by atoms with Crippen LogP contribution in [0.25, 0.3) is 0 Å². The minimum absolute atomic E-state index is 0.000787. The fourth-order valence-electron chi connectivity index (χ4n) is 2.62. The second-order valence-electron chi connectivity index (χ2n) is 6.51. The molecule has 0 radical (unpaired) electrons. The van der Waals surface area contributed by atoms with Gasteiger partial charge in [-0.25, -0.2) is 4.79 Å². The van der Waals surface area contributed by atoms with E-state index >= 15 is 0 Å². The van der Waals surface area contributed by atoms with Gasteiger partial charge in [-0.3, -0.25) is 4.79 Å². The number of ether oxygens (including phenoxy) is 1. The molecule has 0 aromatic heterocycles. The summed E-state index contributed by atoms with van der Waals surface area (Å²) in [4.78, 5) is 25.6. The zero-order valence-electron chi connectivity index (χ0n) is 13.2. The van der Waals surface area contributed by atoms with Gasteiger partial charge in [-0.2, -0.15) is 0 Å². The maximum absolute atomic E-state index is 12.3. The minimum atomic E-state index is -0.495. The minimum Gasteiger partial charge on any atom is -0.444 e. The lowest BCUT2D eigenvalue weighted by atomic mass is 10.0. The maximum atomic E-state index is 12.3. The Hall–Kier alpha value is -1.84. The van der Waals surface area contributed by atoms with Crippen molar-refractivity contribution in [3.8, 4) is 0 Å². The molecule has 0 N–H and O–H groups in total. The largest absolute Gasteiger partial charge is 0.444 e. The summed E-state index contributed by atoms with van der Waals surface area (Å²) in [5, 5.41) is 0. The second kappa shape index (κ2) is 5.88. The van der Waals surface area contributed by atoms with Crippen LogP contribution in [0.1, 0.15) is 62.5 Å². The highest BCUT2D eigenvalue weighted by Gasteiger charge is 2.33. The topological polar surface area (TPSA) is 46.6 Å². The molecule has 21 heavy (non-hydrogen) atoms. The normalized spacial score (nSPS) is 18.7. The molecular weight excluding hydrogens is 266 g/mol. The van der Waals surface area contributed by atoms with Crippen LogP contribution in [-0.2, 0) is 4.74 Å². The fraction of sp³-hybridized carbons (Fsp3) is 0.529. The van der Waals surface area contributed by atoms with Crippen molar-refractivity contribution in [1.82, 2.24) is 4.90 Å². The van der Waals surface area contributed by atoms with Crippen LogP contribution in [0.2, 0.25) is 0 Å². The highest BCUT2D eigenvalue weighted by atomic mass is 16.6. The Labute approximate surface area is 126 Å². The van der Waals surface area contributed by atoms with Gasteiger partial charge in [0.1, 0.15) is 5.60 Å². The van der Waals surface area contributed by atoms with E-state index in [4.69, 9.17) is 4.74 Å². The standard InChI is InChI=1S/C17H23NO3/c1-12(19)13-7-5-8-14(11-13)15-9-6-10-18(15)16(20)21-17(2,3)4/h5,7-8,11,15H,6,9-10H2,1-4H3/t15-/m1/s1. The average Bonchev–Trinajstić information content (AvgIpc) is 2.86. The van der Waals surface area contributed by atoms with Crippen LogP contribution in [-0.4, -0.2) is 28.9 Å². The van der Waals surface area contributed by atoms with Crippen molar-refractivity contribution in [3.63, 3.8) is 0 Å². The number of Topliss-reactive ketones (excluding diaryl/α,β-unsaturated/α-hetero) is 1. The molecule has 2 rings (SSSR count). The molecule has 114 valence electrons. The van der Waals surface area contributed by atoms with Crippen molar-refractivity contribution in [2.24, 2.45) is 0 Å². The molecule has 1 aromatic carbocycles. The highest BCUT2D eigenvalue weighted by molar-refractivity contribution is 5.94. The molecule has 1 amide bonds. The van der Waals surface area contributed by atoms with Crippen LogP contribution in [0.4, 0.5) is 4.79 Å². The van der Waals surface area contributed by atoms with Crippen molar-refractivity contribution in [3.05, 3.63) is 35.4 Å². The molecular formula is C17H23NO3. The van der Waals surface area contributed by atoms with Gasteiger partial charge in [-0.15, -0.1) is 0 Å². The van der Waals surface area contributed by atoms with Crippen molar-refractivity contribution in [2.75, 3.05) is 6.54 Å². The quantitative estimate of drug-likeness (QED) is 0.774. The van der Waals surface area contributed by atoms with Gasteiger partial charge in [-0.05, 0) is 52.2 Å². The molecule has 0 spiro atoms. The van der Waals surface area contributed by atoms with E-state index in [2.05, 4.69) is 0 Å². The first-order valence-electron chi connectivity index (χ1n) is 7.38. The van der Waals surface area contributed by atoms with Gasteiger partial charge in [0, 0.05) is 12.1 Å². The first kappa shape index (κ1) is 15.5. The zero-order valence-corrected chi connectivity index (χ0v) is 13.2. The Kier molecular flexibility index (Phi) is 4.35. The van der Waals surface area contributed by atoms with E-state index < -0.39 is 5.60 Å². The molecule has 0 saturated carbocycles. The summed E-state index contributed by atoms with van der Waals surface area (Å²) >= 11 is 0. The van der Waals surface area contributed by atoms with Crippen molar-refractivity contribution in [1.29, 1.82) is 0 Å². The first-order valence-corrected chi connectivity index (χ1v) is 7.38. The lowest BCUT2D eigenvalue weighted by Gasteiger charge is -2.29. The summed E-state index contributed by atoms with van der Waals surface area (Å²) in [5.74, 6) is 0.0404. The number of hydrogen-bond acceptors (Lipinski definition) is 3. The SMILES string of the molecule is CC(=O)c1cccc([C@H]2CCCN2C(=O)OC(C)(C)C)c1. The van der Waals surface area contributed by atoms with Crippen LogP contribution >= 0.6 is 0 Å². The van der Waals surface area contributed by atoms with Crippen LogP contribution in [0.3, 0.4) is 0 Å². The predicted molar refractivity (Wildman–Crippen MR) is 81.4 cm³/mol. The van der Waals surface area contributed by atoms with Gasteiger partial charge in [0.05, 0.1) is 6.04 Å². The number of rotatable bonds is 2. The molecule has 1 saturated heterocycles. The Morgan fingerprint density at radius 2 is 2.00 bits per heavy atom. The van der Waals surface area contributed by atoms with E-state index in [-0.39, 0.29) is 17.9 Å². The lowest BCUT2D eigenvalue weighted by molar-refractivity contribution is 0.0224.